The van der Waals surface area contributed by atoms with Crippen LogP contribution in [-0.4, -0.2) is 18.6 Å². The van der Waals surface area contributed by atoms with E-state index in [-0.39, 0.29) is 0 Å². The Hall–Kier alpha value is -1.69. The molecule has 0 saturated carbocycles. The topological polar surface area (TPSA) is 36.3 Å². The zero-order chi connectivity index (χ0) is 11.3. The first-order chi connectivity index (χ1) is 7.17. The molecule has 0 fully saturated rings. The Labute approximate surface area is 90.9 Å². The first-order valence-electron chi connectivity index (χ1n) is 5.00. The third-order valence-electron chi connectivity index (χ3n) is 2.13. The molecule has 1 aromatic rings. The molecule has 0 aliphatic carbocycles. The maximum Gasteiger partial charge on any atom is 0.179 e. The van der Waals surface area contributed by atoms with Gasteiger partial charge in [0.15, 0.2) is 6.19 Å². The van der Waals surface area contributed by atoms with Crippen LogP contribution in [0.5, 0.6) is 5.75 Å². The highest BCUT2D eigenvalue weighted by Crippen LogP contribution is 2.19. The van der Waals surface area contributed by atoms with Crippen LogP contribution in [0.15, 0.2) is 18.2 Å². The molecule has 0 heterocycles. The smallest absolute Gasteiger partial charge is 0.179 e. The van der Waals surface area contributed by atoms with Gasteiger partial charge in [-0.1, -0.05) is 12.1 Å². The zero-order valence-electron chi connectivity index (χ0n) is 9.45. The van der Waals surface area contributed by atoms with Crippen LogP contribution in [0, 0.1) is 18.4 Å². The van der Waals surface area contributed by atoms with Crippen LogP contribution in [0.4, 0.5) is 0 Å². The van der Waals surface area contributed by atoms with E-state index in [1.54, 1.807) is 11.9 Å². The molecular formula is C12H16N2O. The van der Waals surface area contributed by atoms with E-state index in [1.807, 2.05) is 26.0 Å². The monoisotopic (exact) mass is 204 g/mol. The fourth-order valence-electron chi connectivity index (χ4n) is 1.44. The quantitative estimate of drug-likeness (QED) is 0.557. The molecule has 0 aromatic heterocycles. The number of benzene rings is 1. The third-order valence-corrected chi connectivity index (χ3v) is 2.13. The predicted octanol–water partition coefficient (Wildman–Crippen LogP) is 2.31. The lowest BCUT2D eigenvalue weighted by Gasteiger charge is -2.11. The maximum absolute atomic E-state index is 8.66. The van der Waals surface area contributed by atoms with Gasteiger partial charge in [0, 0.05) is 7.05 Å². The highest BCUT2D eigenvalue weighted by Gasteiger charge is 2.02. The number of nitrogens with zero attached hydrogens (tertiary/aromatic N) is 2. The minimum absolute atomic E-state index is 0.643. The Bertz CT molecular complexity index is 368. The second kappa shape index (κ2) is 5.26. The van der Waals surface area contributed by atoms with Gasteiger partial charge in [0.25, 0.3) is 0 Å². The molecule has 0 aliphatic heterocycles. The second-order valence-electron chi connectivity index (χ2n) is 3.49. The molecule has 3 heteroatoms. The summed E-state index contributed by atoms with van der Waals surface area (Å²) in [6.45, 7) is 5.31. The van der Waals surface area contributed by atoms with Crippen LogP contribution >= 0.6 is 0 Å². The third kappa shape index (κ3) is 3.17. The Morgan fingerprint density at radius 2 is 2.20 bits per heavy atom. The molecule has 0 atom stereocenters. The minimum Gasteiger partial charge on any atom is -0.494 e. The van der Waals surface area contributed by atoms with Gasteiger partial charge in [-0.2, -0.15) is 5.26 Å². The zero-order valence-corrected chi connectivity index (χ0v) is 9.45. The highest BCUT2D eigenvalue weighted by atomic mass is 16.5. The van der Waals surface area contributed by atoms with Crippen LogP contribution in [0.3, 0.4) is 0 Å². The normalized spacial score (nSPS) is 9.47. The molecule has 0 amide bonds. The van der Waals surface area contributed by atoms with E-state index in [9.17, 15) is 0 Å². The van der Waals surface area contributed by atoms with Gasteiger partial charge in [0.1, 0.15) is 5.75 Å². The fourth-order valence-corrected chi connectivity index (χ4v) is 1.44. The van der Waals surface area contributed by atoms with E-state index in [2.05, 4.69) is 12.3 Å². The lowest BCUT2D eigenvalue weighted by Crippen LogP contribution is -2.10. The molecule has 0 saturated heterocycles. The number of ether oxygens (including phenoxy) is 1. The van der Waals surface area contributed by atoms with Gasteiger partial charge in [-0.05, 0) is 31.0 Å². The number of aryl methyl sites for hydroxylation is 1. The number of nitriles is 1. The molecular weight excluding hydrogens is 188 g/mol. The van der Waals surface area contributed by atoms with E-state index in [1.165, 1.54) is 0 Å². The molecule has 1 aromatic carbocycles. The summed E-state index contributed by atoms with van der Waals surface area (Å²) in [6, 6.07) is 6.00. The van der Waals surface area contributed by atoms with Crippen LogP contribution in [0.1, 0.15) is 18.1 Å². The van der Waals surface area contributed by atoms with Gasteiger partial charge in [0.05, 0.1) is 13.2 Å². The van der Waals surface area contributed by atoms with Gasteiger partial charge < -0.3 is 9.64 Å². The largest absolute Gasteiger partial charge is 0.494 e. The lowest BCUT2D eigenvalue weighted by atomic mass is 10.1. The van der Waals surface area contributed by atoms with Crippen LogP contribution in [0.2, 0.25) is 0 Å². The van der Waals surface area contributed by atoms with Crippen molar-refractivity contribution in [2.24, 2.45) is 0 Å². The number of hydrogen-bond acceptors (Lipinski definition) is 3. The first kappa shape index (κ1) is 11.4. The van der Waals surface area contributed by atoms with Crippen molar-refractivity contribution in [1.82, 2.24) is 4.90 Å². The molecule has 0 radical (unpaired) electrons. The van der Waals surface area contributed by atoms with Crippen LogP contribution in [-0.2, 0) is 6.54 Å². The van der Waals surface area contributed by atoms with E-state index < -0.39 is 0 Å². The summed E-state index contributed by atoms with van der Waals surface area (Å²) in [4.78, 5) is 1.59. The molecule has 0 spiro atoms. The highest BCUT2D eigenvalue weighted by molar-refractivity contribution is 5.36. The molecule has 0 bridgehead atoms. The summed E-state index contributed by atoms with van der Waals surface area (Å²) in [6.07, 6.45) is 2.07. The van der Waals surface area contributed by atoms with Crippen molar-refractivity contribution in [3.63, 3.8) is 0 Å². The second-order valence-corrected chi connectivity index (χ2v) is 3.49. The van der Waals surface area contributed by atoms with Gasteiger partial charge in [-0.15, -0.1) is 0 Å². The number of rotatable bonds is 4. The summed E-state index contributed by atoms with van der Waals surface area (Å²) in [5, 5.41) is 8.66. The van der Waals surface area contributed by atoms with E-state index >= 15 is 0 Å². The maximum atomic E-state index is 8.66. The van der Waals surface area contributed by atoms with Crippen molar-refractivity contribution in [3.05, 3.63) is 29.3 Å². The summed E-state index contributed by atoms with van der Waals surface area (Å²) >= 11 is 0. The van der Waals surface area contributed by atoms with Crippen molar-refractivity contribution in [2.75, 3.05) is 13.7 Å². The Morgan fingerprint density at radius 3 is 2.73 bits per heavy atom. The molecule has 1 rings (SSSR count). The van der Waals surface area contributed by atoms with Crippen molar-refractivity contribution in [1.29, 1.82) is 5.26 Å². The summed E-state index contributed by atoms with van der Waals surface area (Å²) in [5.41, 5.74) is 2.24. The lowest BCUT2D eigenvalue weighted by molar-refractivity contribution is 0.337. The van der Waals surface area contributed by atoms with Crippen molar-refractivity contribution < 1.29 is 4.74 Å². The van der Waals surface area contributed by atoms with Crippen molar-refractivity contribution >= 4 is 0 Å². The first-order valence-corrected chi connectivity index (χ1v) is 5.00. The molecule has 0 N–H and O–H groups in total. The van der Waals surface area contributed by atoms with Gasteiger partial charge in [-0.25, -0.2) is 0 Å². The Kier molecular flexibility index (Phi) is 3.99. The average Bonchev–Trinajstić information content (AvgIpc) is 2.22. The fraction of sp³-hybridized carbons (Fsp3) is 0.417. The Balaban J connectivity index is 2.78. The average molecular weight is 204 g/mol. The summed E-state index contributed by atoms with van der Waals surface area (Å²) in [5.74, 6) is 0.917. The standard InChI is InChI=1S/C12H16N2O/c1-4-15-12-6-5-11(7-10(12)2)8-14(3)9-13/h5-7H,4,8H2,1-3H3. The van der Waals surface area contributed by atoms with Crippen molar-refractivity contribution in [3.8, 4) is 11.9 Å². The van der Waals surface area contributed by atoms with Gasteiger partial charge in [0.2, 0.25) is 0 Å². The van der Waals surface area contributed by atoms with Crippen molar-refractivity contribution in [2.45, 2.75) is 20.4 Å². The SMILES string of the molecule is CCOc1ccc(CN(C)C#N)cc1C. The number of hydrogen-bond donors (Lipinski definition) is 0. The van der Waals surface area contributed by atoms with Gasteiger partial charge in [-0.3, -0.25) is 0 Å². The molecule has 0 aliphatic rings. The Morgan fingerprint density at radius 1 is 1.47 bits per heavy atom. The predicted molar refractivity (Wildman–Crippen MR) is 59.4 cm³/mol. The van der Waals surface area contributed by atoms with E-state index in [0.717, 1.165) is 16.9 Å². The van der Waals surface area contributed by atoms with Gasteiger partial charge >= 0.3 is 0 Å². The molecule has 0 unspecified atom stereocenters. The van der Waals surface area contributed by atoms with Crippen LogP contribution in [0.25, 0.3) is 0 Å². The van der Waals surface area contributed by atoms with E-state index in [4.69, 9.17) is 10.00 Å². The van der Waals surface area contributed by atoms with E-state index in [0.29, 0.717) is 13.2 Å². The molecule has 3 nitrogen and oxygen atoms in total. The molecule has 80 valence electrons. The molecule has 15 heavy (non-hydrogen) atoms. The summed E-state index contributed by atoms with van der Waals surface area (Å²) < 4.78 is 5.44. The summed E-state index contributed by atoms with van der Waals surface area (Å²) in [7, 11) is 1.77. The van der Waals surface area contributed by atoms with Crippen LogP contribution < -0.4 is 4.74 Å². The minimum atomic E-state index is 0.643.